The van der Waals surface area contributed by atoms with Gasteiger partial charge in [0.05, 0.1) is 22.7 Å². The van der Waals surface area contributed by atoms with Gasteiger partial charge in [0.15, 0.2) is 0 Å². The van der Waals surface area contributed by atoms with E-state index < -0.39 is 43.0 Å². The van der Waals surface area contributed by atoms with E-state index >= 15 is 0 Å². The van der Waals surface area contributed by atoms with Crippen molar-refractivity contribution in [1.29, 1.82) is 0 Å². The van der Waals surface area contributed by atoms with E-state index in [0.29, 0.717) is 22.7 Å². The number of anilines is 4. The average molecular weight is 569 g/mol. The smallest absolute Gasteiger partial charge is 0.234 e. The first-order valence-corrected chi connectivity index (χ1v) is 12.7. The molecule has 0 heterocycles. The summed E-state index contributed by atoms with van der Waals surface area (Å²) in [5, 5.41) is 10.1. The third kappa shape index (κ3) is 8.20. The normalized spacial score (nSPS) is 12.7. The lowest BCUT2D eigenvalue weighted by Gasteiger charge is -2.23. The highest BCUT2D eigenvalue weighted by Gasteiger charge is 2.39. The van der Waals surface area contributed by atoms with Crippen LogP contribution < -0.4 is 10.0 Å². The van der Waals surface area contributed by atoms with E-state index in [1.54, 1.807) is 121 Å². The fourth-order valence-corrected chi connectivity index (χ4v) is 3.97. The molecule has 0 radical (unpaired) electrons. The highest BCUT2D eigenvalue weighted by molar-refractivity contribution is 5.94. The van der Waals surface area contributed by atoms with Crippen LogP contribution in [0.3, 0.4) is 0 Å². The molecule has 0 aliphatic rings. The van der Waals surface area contributed by atoms with Crippen LogP contribution >= 0.6 is 0 Å². The average Bonchev–Trinajstić information content (AvgIpc) is 2.97. The molecule has 4 aromatic rings. The largest absolute Gasteiger partial charge is 0.431 e. The summed E-state index contributed by atoms with van der Waals surface area (Å²) < 4.78 is 84.6. The topological polar surface area (TPSA) is 31.2 Å². The van der Waals surface area contributed by atoms with Crippen molar-refractivity contribution >= 4 is 34.2 Å². The van der Waals surface area contributed by atoms with Crippen molar-refractivity contribution in [3.63, 3.8) is 0 Å². The second kappa shape index (κ2) is 13.2. The predicted octanol–water partition coefficient (Wildman–Crippen LogP) is 9.67. The SMILES string of the molecule is FC(F)(F)/C(CCC/C(=N\N(c1ccccc1)c1ccccc1)C(F)(F)F)=N\N(c1ccccc1)c1ccccc1. The Morgan fingerprint density at radius 2 is 0.683 bits per heavy atom. The first-order valence-electron chi connectivity index (χ1n) is 12.7. The van der Waals surface area contributed by atoms with Crippen LogP contribution in [-0.2, 0) is 0 Å². The third-order valence-electron chi connectivity index (χ3n) is 5.93. The zero-order chi connectivity index (χ0) is 29.3. The Morgan fingerprint density at radius 1 is 0.439 bits per heavy atom. The molecule has 4 nitrogen and oxygen atoms in total. The molecule has 41 heavy (non-hydrogen) atoms. The van der Waals surface area contributed by atoms with Gasteiger partial charge in [-0.1, -0.05) is 72.8 Å². The molecule has 0 aliphatic carbocycles. The van der Waals surface area contributed by atoms with Gasteiger partial charge in [-0.25, -0.2) is 10.0 Å². The predicted molar refractivity (Wildman–Crippen MR) is 151 cm³/mol. The van der Waals surface area contributed by atoms with Gasteiger partial charge >= 0.3 is 12.4 Å². The number of alkyl halides is 6. The zero-order valence-corrected chi connectivity index (χ0v) is 21.7. The van der Waals surface area contributed by atoms with Crippen LogP contribution in [-0.4, -0.2) is 23.8 Å². The van der Waals surface area contributed by atoms with Gasteiger partial charge in [-0.2, -0.15) is 36.5 Å². The minimum atomic E-state index is -4.86. The third-order valence-corrected chi connectivity index (χ3v) is 5.93. The van der Waals surface area contributed by atoms with Gasteiger partial charge in [-0.3, -0.25) is 0 Å². The lowest BCUT2D eigenvalue weighted by molar-refractivity contribution is -0.0613. The van der Waals surface area contributed by atoms with Gasteiger partial charge in [0, 0.05) is 0 Å². The number of rotatable bonds is 10. The number of nitrogens with zero attached hydrogens (tertiary/aromatic N) is 4. The van der Waals surface area contributed by atoms with Crippen LogP contribution in [0.15, 0.2) is 132 Å². The summed E-state index contributed by atoms with van der Waals surface area (Å²) in [7, 11) is 0. The van der Waals surface area contributed by atoms with Crippen LogP contribution in [0.25, 0.3) is 0 Å². The van der Waals surface area contributed by atoms with E-state index in [1.807, 2.05) is 0 Å². The minimum absolute atomic E-state index is 0.374. The van der Waals surface area contributed by atoms with E-state index in [9.17, 15) is 26.3 Å². The number of halogens is 6. The number of hydrogen-bond acceptors (Lipinski definition) is 4. The summed E-state index contributed by atoms with van der Waals surface area (Å²) >= 11 is 0. The summed E-state index contributed by atoms with van der Waals surface area (Å²) in [6.45, 7) is 0. The van der Waals surface area contributed by atoms with E-state index in [0.717, 1.165) is 10.0 Å². The molecule has 4 aromatic carbocycles. The van der Waals surface area contributed by atoms with Gasteiger partial charge in [-0.15, -0.1) is 0 Å². The Labute approximate surface area is 233 Å². The summed E-state index contributed by atoms with van der Waals surface area (Å²) in [5.74, 6) is 0. The monoisotopic (exact) mass is 568 g/mol. The van der Waals surface area contributed by atoms with Crippen molar-refractivity contribution in [1.82, 2.24) is 0 Å². The van der Waals surface area contributed by atoms with Crippen molar-refractivity contribution in [2.45, 2.75) is 31.6 Å². The molecule has 0 fully saturated rings. The van der Waals surface area contributed by atoms with Crippen LogP contribution in [0.4, 0.5) is 49.1 Å². The molecular formula is C31H26F6N4. The molecule has 0 saturated carbocycles. The molecule has 4 rings (SSSR count). The summed E-state index contributed by atoms with van der Waals surface area (Å²) in [6.07, 6.45) is -11.7. The van der Waals surface area contributed by atoms with Crippen LogP contribution in [0.5, 0.6) is 0 Å². The first-order chi connectivity index (χ1) is 19.6. The second-order valence-corrected chi connectivity index (χ2v) is 8.91. The van der Waals surface area contributed by atoms with Crippen molar-refractivity contribution in [3.8, 4) is 0 Å². The summed E-state index contributed by atoms with van der Waals surface area (Å²) in [4.78, 5) is 0. The number of hydrogen-bond donors (Lipinski definition) is 0. The van der Waals surface area contributed by atoms with E-state index in [2.05, 4.69) is 10.2 Å². The van der Waals surface area contributed by atoms with Crippen molar-refractivity contribution in [2.75, 3.05) is 10.0 Å². The van der Waals surface area contributed by atoms with Crippen LogP contribution in [0, 0.1) is 0 Å². The fraction of sp³-hybridized carbons (Fsp3) is 0.161. The van der Waals surface area contributed by atoms with E-state index in [1.165, 1.54) is 0 Å². The molecule has 0 spiro atoms. The molecule has 0 aromatic heterocycles. The molecule has 0 N–H and O–H groups in total. The number of para-hydroxylation sites is 4. The molecule has 0 unspecified atom stereocenters. The molecule has 10 heteroatoms. The van der Waals surface area contributed by atoms with Crippen LogP contribution in [0.1, 0.15) is 19.3 Å². The second-order valence-electron chi connectivity index (χ2n) is 8.91. The molecule has 0 aliphatic heterocycles. The first kappa shape index (κ1) is 29.4. The molecular weight excluding hydrogens is 542 g/mol. The lowest BCUT2D eigenvalue weighted by atomic mass is 10.1. The standard InChI is InChI=1S/C31H26F6N4/c32-30(33,34)28(38-40(24-14-5-1-6-15-24)25-16-7-2-8-17-25)22-13-23-29(31(35,36)37)39-41(26-18-9-3-10-19-26)27-20-11-4-12-21-27/h1-12,14-21H,13,22-23H2/b38-28-,39-29+. The van der Waals surface area contributed by atoms with Crippen molar-refractivity contribution < 1.29 is 26.3 Å². The van der Waals surface area contributed by atoms with E-state index in [4.69, 9.17) is 0 Å². The highest BCUT2D eigenvalue weighted by atomic mass is 19.4. The minimum Gasteiger partial charge on any atom is -0.234 e. The Balaban J connectivity index is 1.64. The maximum atomic E-state index is 14.1. The summed E-state index contributed by atoms with van der Waals surface area (Å²) in [5.41, 5.74) is -0.901. The van der Waals surface area contributed by atoms with Crippen molar-refractivity contribution in [3.05, 3.63) is 121 Å². The number of benzene rings is 4. The van der Waals surface area contributed by atoms with Gasteiger partial charge in [0.1, 0.15) is 11.4 Å². The molecule has 0 bridgehead atoms. The zero-order valence-electron chi connectivity index (χ0n) is 21.7. The Kier molecular flexibility index (Phi) is 9.44. The van der Waals surface area contributed by atoms with Gasteiger partial charge in [0.2, 0.25) is 0 Å². The highest BCUT2D eigenvalue weighted by Crippen LogP contribution is 2.31. The Morgan fingerprint density at radius 3 is 0.902 bits per heavy atom. The Hall–Kier alpha value is -4.60. The van der Waals surface area contributed by atoms with Crippen molar-refractivity contribution in [2.24, 2.45) is 10.2 Å². The lowest BCUT2D eigenvalue weighted by Crippen LogP contribution is -2.29. The van der Waals surface area contributed by atoms with Gasteiger partial charge < -0.3 is 0 Å². The molecule has 0 atom stereocenters. The number of hydrazone groups is 2. The maximum absolute atomic E-state index is 14.1. The molecule has 0 saturated heterocycles. The maximum Gasteiger partial charge on any atom is 0.431 e. The Bertz CT molecular complexity index is 1230. The fourth-order valence-electron chi connectivity index (χ4n) is 3.97. The molecule has 212 valence electrons. The van der Waals surface area contributed by atoms with E-state index in [-0.39, 0.29) is 0 Å². The quantitative estimate of drug-likeness (QED) is 0.108. The van der Waals surface area contributed by atoms with Crippen LogP contribution in [0.2, 0.25) is 0 Å². The van der Waals surface area contributed by atoms with Gasteiger partial charge in [-0.05, 0) is 67.8 Å². The van der Waals surface area contributed by atoms with Gasteiger partial charge in [0.25, 0.3) is 0 Å². The summed E-state index contributed by atoms with van der Waals surface area (Å²) in [6, 6.07) is 32.9. The molecule has 0 amide bonds.